The highest BCUT2D eigenvalue weighted by atomic mass is 16.6. The summed E-state index contributed by atoms with van der Waals surface area (Å²) in [6.07, 6.45) is 3.70. The average molecular weight is 222 g/mol. The van der Waals surface area contributed by atoms with Gasteiger partial charge in [0.05, 0.1) is 18.1 Å². The fourth-order valence-electron chi connectivity index (χ4n) is 1.24. The third kappa shape index (κ3) is 3.36. The molecule has 5 heteroatoms. The van der Waals surface area contributed by atoms with E-state index >= 15 is 0 Å². The van der Waals surface area contributed by atoms with Gasteiger partial charge in [0, 0.05) is 12.6 Å². The number of nitro benzene ring substituents is 1. The number of nitrogens with zero attached hydrogens (tertiary/aromatic N) is 1. The molecule has 0 spiro atoms. The second-order valence-electron chi connectivity index (χ2n) is 3.18. The van der Waals surface area contributed by atoms with Gasteiger partial charge in [0.15, 0.2) is 0 Å². The van der Waals surface area contributed by atoms with Gasteiger partial charge in [0.1, 0.15) is 5.75 Å². The van der Waals surface area contributed by atoms with Gasteiger partial charge < -0.3 is 10.1 Å². The summed E-state index contributed by atoms with van der Waals surface area (Å²) in [5.74, 6) is 0.485. The molecule has 1 aromatic rings. The van der Waals surface area contributed by atoms with Crippen LogP contribution in [0.15, 0.2) is 24.3 Å². The summed E-state index contributed by atoms with van der Waals surface area (Å²) >= 11 is 0. The van der Waals surface area contributed by atoms with Crippen molar-refractivity contribution >= 4 is 11.8 Å². The lowest BCUT2D eigenvalue weighted by atomic mass is 10.1. The summed E-state index contributed by atoms with van der Waals surface area (Å²) in [5, 5.41) is 13.6. The summed E-state index contributed by atoms with van der Waals surface area (Å²) in [6.45, 7) is 0.713. The maximum Gasteiger partial charge on any atom is 0.273 e. The Bertz CT molecular complexity index is 402. The lowest BCUT2D eigenvalue weighted by Gasteiger charge is -2.01. The predicted molar refractivity (Wildman–Crippen MR) is 62.6 cm³/mol. The van der Waals surface area contributed by atoms with Crippen molar-refractivity contribution in [2.45, 2.75) is 0 Å². The highest BCUT2D eigenvalue weighted by Gasteiger charge is 2.08. The molecule has 86 valence electrons. The number of hydrogen-bond acceptors (Lipinski definition) is 4. The Morgan fingerprint density at radius 1 is 1.50 bits per heavy atom. The molecule has 0 unspecified atom stereocenters. The van der Waals surface area contributed by atoms with Gasteiger partial charge in [-0.2, -0.15) is 0 Å². The van der Waals surface area contributed by atoms with Gasteiger partial charge in [-0.15, -0.1) is 0 Å². The lowest BCUT2D eigenvalue weighted by Crippen LogP contribution is -2.03. The highest BCUT2D eigenvalue weighted by molar-refractivity contribution is 5.57. The summed E-state index contributed by atoms with van der Waals surface area (Å²) in [6, 6.07) is 4.66. The van der Waals surface area contributed by atoms with Gasteiger partial charge in [0.25, 0.3) is 5.69 Å². The lowest BCUT2D eigenvalue weighted by molar-refractivity contribution is -0.384. The first-order valence-electron chi connectivity index (χ1n) is 4.82. The molecule has 1 aromatic carbocycles. The van der Waals surface area contributed by atoms with Gasteiger partial charge in [0.2, 0.25) is 0 Å². The minimum atomic E-state index is -0.433. The Balaban J connectivity index is 2.99. The van der Waals surface area contributed by atoms with Crippen molar-refractivity contribution in [1.29, 1.82) is 0 Å². The predicted octanol–water partition coefficient (Wildman–Crippen LogP) is 1.84. The Morgan fingerprint density at radius 3 is 2.81 bits per heavy atom. The average Bonchev–Trinajstić information content (AvgIpc) is 2.29. The number of non-ortho nitro benzene ring substituents is 1. The van der Waals surface area contributed by atoms with E-state index in [4.69, 9.17) is 4.74 Å². The molecular weight excluding hydrogens is 208 g/mol. The fourth-order valence-corrected chi connectivity index (χ4v) is 1.24. The van der Waals surface area contributed by atoms with E-state index in [1.54, 1.807) is 6.07 Å². The number of methoxy groups -OCH3 is 1. The van der Waals surface area contributed by atoms with E-state index in [1.807, 2.05) is 19.2 Å². The van der Waals surface area contributed by atoms with Crippen LogP contribution < -0.4 is 10.1 Å². The minimum absolute atomic E-state index is 0.0310. The number of likely N-dealkylation sites (N-methyl/N-ethyl adjacent to an activating group) is 1. The molecule has 1 N–H and O–H groups in total. The SMILES string of the molecule is CNCC=Cc1cc(OC)cc([N+](=O)[O-])c1. The monoisotopic (exact) mass is 222 g/mol. The molecule has 0 aliphatic carbocycles. The van der Waals surface area contributed by atoms with Gasteiger partial charge in [-0.3, -0.25) is 10.1 Å². The molecule has 0 heterocycles. The van der Waals surface area contributed by atoms with Crippen LogP contribution in [0.2, 0.25) is 0 Å². The van der Waals surface area contributed by atoms with Crippen LogP contribution in [-0.2, 0) is 0 Å². The van der Waals surface area contributed by atoms with Crippen molar-refractivity contribution in [3.8, 4) is 5.75 Å². The number of nitro groups is 1. The summed E-state index contributed by atoms with van der Waals surface area (Å²) in [4.78, 5) is 10.2. The molecule has 0 aromatic heterocycles. The smallest absolute Gasteiger partial charge is 0.273 e. The van der Waals surface area contributed by atoms with Crippen molar-refractivity contribution < 1.29 is 9.66 Å². The number of ether oxygens (including phenoxy) is 1. The van der Waals surface area contributed by atoms with Crippen molar-refractivity contribution in [3.63, 3.8) is 0 Å². The number of hydrogen-bond donors (Lipinski definition) is 1. The van der Waals surface area contributed by atoms with Crippen molar-refractivity contribution in [1.82, 2.24) is 5.32 Å². The Kier molecular flexibility index (Phi) is 4.47. The first-order chi connectivity index (χ1) is 7.67. The van der Waals surface area contributed by atoms with Crippen molar-refractivity contribution in [2.24, 2.45) is 0 Å². The summed E-state index contributed by atoms with van der Waals surface area (Å²) < 4.78 is 5.00. The molecule has 0 saturated carbocycles. The Morgan fingerprint density at radius 2 is 2.25 bits per heavy atom. The molecule has 0 bridgehead atoms. The number of benzene rings is 1. The zero-order chi connectivity index (χ0) is 12.0. The Labute approximate surface area is 93.9 Å². The third-order valence-corrected chi connectivity index (χ3v) is 1.99. The van der Waals surface area contributed by atoms with Crippen LogP contribution in [0.25, 0.3) is 6.08 Å². The Hall–Kier alpha value is -1.88. The van der Waals surface area contributed by atoms with E-state index in [-0.39, 0.29) is 5.69 Å². The number of nitrogens with one attached hydrogen (secondary N) is 1. The summed E-state index contributed by atoms with van der Waals surface area (Å²) in [5.41, 5.74) is 0.782. The maximum atomic E-state index is 10.7. The van der Waals surface area contributed by atoms with Crippen LogP contribution in [0, 0.1) is 10.1 Å². The van der Waals surface area contributed by atoms with Gasteiger partial charge >= 0.3 is 0 Å². The van der Waals surface area contributed by atoms with E-state index in [2.05, 4.69) is 5.32 Å². The quantitative estimate of drug-likeness (QED) is 0.609. The maximum absolute atomic E-state index is 10.7. The number of rotatable bonds is 5. The molecule has 0 aliphatic heterocycles. The largest absolute Gasteiger partial charge is 0.496 e. The second-order valence-corrected chi connectivity index (χ2v) is 3.18. The first kappa shape index (κ1) is 12.2. The van der Waals surface area contributed by atoms with E-state index in [1.165, 1.54) is 19.2 Å². The van der Waals surface area contributed by atoms with Crippen LogP contribution in [0.1, 0.15) is 5.56 Å². The highest BCUT2D eigenvalue weighted by Crippen LogP contribution is 2.23. The van der Waals surface area contributed by atoms with Crippen molar-refractivity contribution in [3.05, 3.63) is 40.0 Å². The molecule has 5 nitrogen and oxygen atoms in total. The van der Waals surface area contributed by atoms with Crippen LogP contribution >= 0.6 is 0 Å². The zero-order valence-electron chi connectivity index (χ0n) is 9.27. The topological polar surface area (TPSA) is 64.4 Å². The molecule has 0 atom stereocenters. The van der Waals surface area contributed by atoms with Crippen LogP contribution in [0.3, 0.4) is 0 Å². The standard InChI is InChI=1S/C11H14N2O3/c1-12-5-3-4-9-6-10(13(14)15)8-11(7-9)16-2/h3-4,6-8,12H,5H2,1-2H3. The van der Waals surface area contributed by atoms with Gasteiger partial charge in [-0.1, -0.05) is 12.2 Å². The molecule has 1 rings (SSSR count). The molecular formula is C11H14N2O3. The molecule has 0 amide bonds. The molecule has 0 fully saturated rings. The zero-order valence-corrected chi connectivity index (χ0v) is 9.27. The molecule has 16 heavy (non-hydrogen) atoms. The van der Waals surface area contributed by atoms with E-state index in [0.29, 0.717) is 12.3 Å². The van der Waals surface area contributed by atoms with E-state index < -0.39 is 4.92 Å². The third-order valence-electron chi connectivity index (χ3n) is 1.99. The van der Waals surface area contributed by atoms with Crippen LogP contribution in [0.4, 0.5) is 5.69 Å². The van der Waals surface area contributed by atoms with Crippen molar-refractivity contribution in [2.75, 3.05) is 20.7 Å². The van der Waals surface area contributed by atoms with Crippen LogP contribution in [0.5, 0.6) is 5.75 Å². The first-order valence-corrected chi connectivity index (χ1v) is 4.82. The van der Waals surface area contributed by atoms with E-state index in [0.717, 1.165) is 5.56 Å². The van der Waals surface area contributed by atoms with Gasteiger partial charge in [-0.05, 0) is 18.7 Å². The normalized spacial score (nSPS) is 10.6. The second kappa shape index (κ2) is 5.87. The van der Waals surface area contributed by atoms with Gasteiger partial charge in [-0.25, -0.2) is 0 Å². The minimum Gasteiger partial charge on any atom is -0.496 e. The summed E-state index contributed by atoms with van der Waals surface area (Å²) in [7, 11) is 3.32. The molecule has 0 saturated heterocycles. The molecule has 0 aliphatic rings. The van der Waals surface area contributed by atoms with Crippen LogP contribution in [-0.4, -0.2) is 25.6 Å². The van der Waals surface area contributed by atoms with E-state index in [9.17, 15) is 10.1 Å². The molecule has 0 radical (unpaired) electrons. The fraction of sp³-hybridized carbons (Fsp3) is 0.273.